The molecule has 1 aliphatic heterocycles. The highest BCUT2D eigenvalue weighted by molar-refractivity contribution is 8.18. The van der Waals surface area contributed by atoms with Crippen LogP contribution in [-0.2, 0) is 11.4 Å². The lowest BCUT2D eigenvalue weighted by Gasteiger charge is -2.35. The van der Waals surface area contributed by atoms with Crippen LogP contribution in [0.5, 0.6) is 11.5 Å². The van der Waals surface area contributed by atoms with Crippen molar-refractivity contribution in [2.75, 3.05) is 7.11 Å². The first-order chi connectivity index (χ1) is 18.5. The first-order valence-electron chi connectivity index (χ1n) is 13.2. The molecule has 0 bridgehead atoms. The third kappa shape index (κ3) is 5.97. The molecule has 0 spiro atoms. The van der Waals surface area contributed by atoms with Crippen molar-refractivity contribution in [1.29, 1.82) is 0 Å². The van der Waals surface area contributed by atoms with E-state index in [1.807, 2.05) is 65.6 Å². The fourth-order valence-corrected chi connectivity index (χ4v) is 6.20. The second-order valence-corrected chi connectivity index (χ2v) is 11.0. The van der Waals surface area contributed by atoms with Crippen molar-refractivity contribution >= 4 is 34.6 Å². The van der Waals surface area contributed by atoms with Crippen molar-refractivity contribution in [1.82, 2.24) is 4.90 Å². The van der Waals surface area contributed by atoms with Gasteiger partial charge < -0.3 is 9.47 Å². The normalized spacial score (nSPS) is 21.8. The highest BCUT2D eigenvalue weighted by atomic mass is 32.2. The van der Waals surface area contributed by atoms with Crippen molar-refractivity contribution in [3.05, 3.63) is 94.4 Å². The van der Waals surface area contributed by atoms with Gasteiger partial charge in [0.25, 0.3) is 5.91 Å². The van der Waals surface area contributed by atoms with Crippen LogP contribution >= 0.6 is 11.8 Å². The number of hydrogen-bond acceptors (Lipinski definition) is 5. The highest BCUT2D eigenvalue weighted by Gasteiger charge is 2.41. The molecule has 0 unspecified atom stereocenters. The molecule has 1 saturated carbocycles. The summed E-state index contributed by atoms with van der Waals surface area (Å²) >= 11 is 1.45. The van der Waals surface area contributed by atoms with Gasteiger partial charge in [0.1, 0.15) is 6.61 Å². The lowest BCUT2D eigenvalue weighted by Crippen LogP contribution is -2.44. The number of amides is 1. The van der Waals surface area contributed by atoms with E-state index in [2.05, 4.69) is 32.0 Å². The summed E-state index contributed by atoms with van der Waals surface area (Å²) in [4.78, 5) is 21.3. The SMILES string of the molecule is COc1cc(/C=C2\SC(=Nc3ccccc3)N([C@@H]3CCCC[C@@H]3C)C2=O)ccc1OCc1cccc(C)c1. The molecule has 2 aliphatic rings. The molecule has 3 aromatic carbocycles. The van der Waals surface area contributed by atoms with E-state index in [0.29, 0.717) is 28.9 Å². The van der Waals surface area contributed by atoms with E-state index in [4.69, 9.17) is 14.5 Å². The van der Waals surface area contributed by atoms with Gasteiger partial charge in [-0.15, -0.1) is 0 Å². The minimum atomic E-state index is 0.0298. The molecule has 3 aromatic rings. The van der Waals surface area contributed by atoms with Crippen LogP contribution < -0.4 is 9.47 Å². The Morgan fingerprint density at radius 2 is 1.82 bits per heavy atom. The number of para-hydroxylation sites is 1. The van der Waals surface area contributed by atoms with Gasteiger partial charge in [0, 0.05) is 6.04 Å². The third-order valence-electron chi connectivity index (χ3n) is 7.18. The van der Waals surface area contributed by atoms with Gasteiger partial charge in [0.2, 0.25) is 0 Å². The third-order valence-corrected chi connectivity index (χ3v) is 8.16. The number of hydrogen-bond donors (Lipinski definition) is 0. The van der Waals surface area contributed by atoms with Crippen LogP contribution in [0.2, 0.25) is 0 Å². The largest absolute Gasteiger partial charge is 0.493 e. The first-order valence-corrected chi connectivity index (χ1v) is 14.1. The topological polar surface area (TPSA) is 51.1 Å². The first kappa shape index (κ1) is 26.1. The Bertz CT molecular complexity index is 1350. The number of methoxy groups -OCH3 is 1. The quantitative estimate of drug-likeness (QED) is 0.295. The molecule has 5 rings (SSSR count). The van der Waals surface area contributed by atoms with E-state index >= 15 is 0 Å². The smallest absolute Gasteiger partial charge is 0.267 e. The Balaban J connectivity index is 1.41. The number of carbonyl (C=O) groups excluding carboxylic acids is 1. The monoisotopic (exact) mass is 526 g/mol. The van der Waals surface area contributed by atoms with E-state index in [-0.39, 0.29) is 11.9 Å². The average molecular weight is 527 g/mol. The van der Waals surface area contributed by atoms with Crippen LogP contribution in [0.3, 0.4) is 0 Å². The molecule has 0 radical (unpaired) electrons. The zero-order valence-corrected chi connectivity index (χ0v) is 23.0. The summed E-state index contributed by atoms with van der Waals surface area (Å²) in [6, 6.07) is 24.1. The summed E-state index contributed by atoms with van der Waals surface area (Å²) in [7, 11) is 1.64. The predicted molar refractivity (Wildman–Crippen MR) is 156 cm³/mol. The number of nitrogens with zero attached hydrogens (tertiary/aromatic N) is 2. The maximum absolute atomic E-state index is 13.8. The molecule has 1 aliphatic carbocycles. The van der Waals surface area contributed by atoms with Crippen LogP contribution in [0, 0.1) is 12.8 Å². The molecule has 6 heteroatoms. The lowest BCUT2D eigenvalue weighted by molar-refractivity contribution is -0.124. The average Bonchev–Trinajstić information content (AvgIpc) is 3.22. The van der Waals surface area contributed by atoms with Gasteiger partial charge in [-0.2, -0.15) is 0 Å². The number of aliphatic imine (C=N–C) groups is 1. The van der Waals surface area contributed by atoms with Crippen LogP contribution in [-0.4, -0.2) is 29.1 Å². The highest BCUT2D eigenvalue weighted by Crippen LogP contribution is 2.40. The standard InChI is InChI=1S/C32H34N2O3S/c1-22-10-9-12-25(18-22)21-37-28-17-16-24(19-29(28)36-3)20-30-31(35)34(27-15-8-7-11-23(27)2)32(38-30)33-26-13-5-4-6-14-26/h4-6,9-10,12-14,16-20,23,27H,7-8,11,15,21H2,1-3H3/b30-20-,33-32?/t23-,27+/m0/s1. The van der Waals surface area contributed by atoms with Gasteiger partial charge in [-0.25, -0.2) is 4.99 Å². The number of rotatable bonds is 7. The number of ether oxygens (including phenoxy) is 2. The Morgan fingerprint density at radius 1 is 1.00 bits per heavy atom. The van der Waals surface area contributed by atoms with Crippen LogP contribution in [0.25, 0.3) is 6.08 Å². The van der Waals surface area contributed by atoms with Gasteiger partial charge in [-0.1, -0.05) is 73.9 Å². The maximum Gasteiger partial charge on any atom is 0.267 e. The number of thioether (sulfide) groups is 1. The lowest BCUT2D eigenvalue weighted by atomic mass is 9.85. The molecule has 38 heavy (non-hydrogen) atoms. The Labute approximate surface area is 229 Å². The summed E-state index contributed by atoms with van der Waals surface area (Å²) in [5.41, 5.74) is 4.05. The summed E-state index contributed by atoms with van der Waals surface area (Å²) in [5.74, 6) is 1.78. The number of amidine groups is 1. The van der Waals surface area contributed by atoms with Gasteiger partial charge >= 0.3 is 0 Å². The molecular formula is C32H34N2O3S. The minimum absolute atomic E-state index is 0.0298. The fourth-order valence-electron chi connectivity index (χ4n) is 5.16. The van der Waals surface area contributed by atoms with Crippen molar-refractivity contribution in [3.8, 4) is 11.5 Å². The molecule has 0 N–H and O–H groups in total. The van der Waals surface area contributed by atoms with Crippen LogP contribution in [0.1, 0.15) is 49.3 Å². The zero-order valence-electron chi connectivity index (χ0n) is 22.2. The minimum Gasteiger partial charge on any atom is -0.493 e. The summed E-state index contributed by atoms with van der Waals surface area (Å²) in [6.45, 7) is 4.78. The molecular weight excluding hydrogens is 492 g/mol. The van der Waals surface area contributed by atoms with Gasteiger partial charge in [-0.05, 0) is 78.9 Å². The summed E-state index contributed by atoms with van der Waals surface area (Å²) in [6.07, 6.45) is 6.45. The van der Waals surface area contributed by atoms with Crippen molar-refractivity contribution < 1.29 is 14.3 Å². The Hall–Kier alpha value is -3.51. The summed E-state index contributed by atoms with van der Waals surface area (Å²) in [5, 5.41) is 0.760. The molecule has 1 amide bonds. The second kappa shape index (κ2) is 11.9. The zero-order chi connectivity index (χ0) is 26.5. The van der Waals surface area contributed by atoms with Crippen LogP contribution in [0.15, 0.2) is 82.7 Å². The summed E-state index contributed by atoms with van der Waals surface area (Å²) < 4.78 is 11.7. The van der Waals surface area contributed by atoms with E-state index in [1.165, 1.54) is 23.7 Å². The predicted octanol–water partition coefficient (Wildman–Crippen LogP) is 7.77. The van der Waals surface area contributed by atoms with E-state index in [0.717, 1.165) is 41.2 Å². The molecule has 1 heterocycles. The second-order valence-electron chi connectivity index (χ2n) is 10.0. The molecule has 1 saturated heterocycles. The Morgan fingerprint density at radius 3 is 2.58 bits per heavy atom. The molecule has 2 atom stereocenters. The van der Waals surface area contributed by atoms with Gasteiger partial charge in [-0.3, -0.25) is 9.69 Å². The van der Waals surface area contributed by atoms with E-state index in [9.17, 15) is 4.79 Å². The number of benzene rings is 3. The molecule has 2 fully saturated rings. The fraction of sp³-hybridized carbons (Fsp3) is 0.312. The van der Waals surface area contributed by atoms with E-state index < -0.39 is 0 Å². The van der Waals surface area contributed by atoms with Gasteiger partial charge in [0.05, 0.1) is 17.7 Å². The van der Waals surface area contributed by atoms with Gasteiger partial charge in [0.15, 0.2) is 16.7 Å². The van der Waals surface area contributed by atoms with Crippen molar-refractivity contribution in [2.24, 2.45) is 10.9 Å². The number of aryl methyl sites for hydroxylation is 1. The number of carbonyl (C=O) groups is 1. The van der Waals surface area contributed by atoms with E-state index in [1.54, 1.807) is 7.11 Å². The van der Waals surface area contributed by atoms with Crippen molar-refractivity contribution in [3.63, 3.8) is 0 Å². The molecule has 196 valence electrons. The molecule has 5 nitrogen and oxygen atoms in total. The maximum atomic E-state index is 13.8. The molecule has 0 aromatic heterocycles. The Kier molecular flexibility index (Phi) is 8.18. The van der Waals surface area contributed by atoms with Crippen molar-refractivity contribution in [2.45, 2.75) is 52.2 Å². The van der Waals surface area contributed by atoms with Crippen LogP contribution in [0.4, 0.5) is 5.69 Å².